The molecule has 0 spiro atoms. The minimum Gasteiger partial charge on any atom is -0.497 e. The number of methoxy groups -OCH3 is 1. The van der Waals surface area contributed by atoms with Gasteiger partial charge in [0.05, 0.1) is 17.8 Å². The predicted octanol–water partition coefficient (Wildman–Crippen LogP) is 4.09. The molecule has 1 N–H and O–H groups in total. The molecule has 0 aromatic heterocycles. The Morgan fingerprint density at radius 1 is 1.08 bits per heavy atom. The van der Waals surface area contributed by atoms with Gasteiger partial charge < -0.3 is 15.0 Å². The van der Waals surface area contributed by atoms with Crippen LogP contribution < -0.4 is 10.1 Å². The second kappa shape index (κ2) is 8.92. The van der Waals surface area contributed by atoms with Crippen molar-refractivity contribution in [3.8, 4) is 5.75 Å². The first-order valence-electron chi connectivity index (χ1n) is 8.81. The standard InChI is InChI=1S/C20H24ClN3O2/c1-26-17-9-7-16(8-10-17)15-23-11-4-12-24(14-13-23)20(25)22-19-6-3-2-5-18(19)21/h2-3,5-10H,4,11-15H2,1H3,(H,22,25). The molecule has 138 valence electrons. The van der Waals surface area contributed by atoms with Gasteiger partial charge in [-0.2, -0.15) is 0 Å². The van der Waals surface area contributed by atoms with Crippen LogP contribution in [0.3, 0.4) is 0 Å². The van der Waals surface area contributed by atoms with Crippen molar-refractivity contribution in [2.45, 2.75) is 13.0 Å². The van der Waals surface area contributed by atoms with Crippen LogP contribution in [0.2, 0.25) is 5.02 Å². The van der Waals surface area contributed by atoms with Gasteiger partial charge in [0.25, 0.3) is 0 Å². The van der Waals surface area contributed by atoms with Crippen molar-refractivity contribution in [2.24, 2.45) is 0 Å². The Morgan fingerprint density at radius 2 is 1.85 bits per heavy atom. The van der Waals surface area contributed by atoms with E-state index in [1.165, 1.54) is 5.56 Å². The predicted molar refractivity (Wildman–Crippen MR) is 105 cm³/mol. The normalized spacial score (nSPS) is 15.4. The van der Waals surface area contributed by atoms with Crippen molar-refractivity contribution in [3.63, 3.8) is 0 Å². The van der Waals surface area contributed by atoms with Crippen LogP contribution in [0.25, 0.3) is 0 Å². The lowest BCUT2D eigenvalue weighted by molar-refractivity contribution is 0.211. The molecule has 2 aromatic rings. The van der Waals surface area contributed by atoms with Crippen molar-refractivity contribution in [2.75, 3.05) is 38.6 Å². The van der Waals surface area contributed by atoms with E-state index in [2.05, 4.69) is 22.3 Å². The number of nitrogens with zero attached hydrogens (tertiary/aromatic N) is 2. The topological polar surface area (TPSA) is 44.8 Å². The number of anilines is 1. The number of urea groups is 1. The van der Waals surface area contributed by atoms with Crippen LogP contribution in [0, 0.1) is 0 Å². The first-order chi connectivity index (χ1) is 12.7. The Bertz CT molecular complexity index is 736. The minimum atomic E-state index is -0.0932. The summed E-state index contributed by atoms with van der Waals surface area (Å²) in [4.78, 5) is 16.8. The second-order valence-corrected chi connectivity index (χ2v) is 6.78. The van der Waals surface area contributed by atoms with E-state index in [9.17, 15) is 4.79 Å². The smallest absolute Gasteiger partial charge is 0.321 e. The van der Waals surface area contributed by atoms with Crippen molar-refractivity contribution in [3.05, 3.63) is 59.1 Å². The minimum absolute atomic E-state index is 0.0932. The lowest BCUT2D eigenvalue weighted by Crippen LogP contribution is -2.38. The number of benzene rings is 2. The summed E-state index contributed by atoms with van der Waals surface area (Å²) >= 11 is 6.12. The van der Waals surface area contributed by atoms with E-state index in [-0.39, 0.29) is 6.03 Å². The van der Waals surface area contributed by atoms with E-state index >= 15 is 0 Å². The van der Waals surface area contributed by atoms with Gasteiger partial charge in [0.15, 0.2) is 0 Å². The molecule has 1 heterocycles. The monoisotopic (exact) mass is 373 g/mol. The van der Waals surface area contributed by atoms with Crippen LogP contribution in [-0.2, 0) is 6.54 Å². The molecule has 0 radical (unpaired) electrons. The van der Waals surface area contributed by atoms with Crippen LogP contribution in [0.15, 0.2) is 48.5 Å². The first kappa shape index (κ1) is 18.5. The quantitative estimate of drug-likeness (QED) is 0.877. The van der Waals surface area contributed by atoms with Gasteiger partial charge in [-0.25, -0.2) is 4.79 Å². The van der Waals surface area contributed by atoms with E-state index in [1.54, 1.807) is 13.2 Å². The van der Waals surface area contributed by atoms with Crippen molar-refractivity contribution in [1.82, 2.24) is 9.80 Å². The van der Waals surface area contributed by atoms with Gasteiger partial charge in [0.1, 0.15) is 5.75 Å². The summed E-state index contributed by atoms with van der Waals surface area (Å²) in [6.07, 6.45) is 0.950. The molecule has 0 bridgehead atoms. The van der Waals surface area contributed by atoms with Crippen LogP contribution in [-0.4, -0.2) is 49.1 Å². The number of rotatable bonds is 4. The summed E-state index contributed by atoms with van der Waals surface area (Å²) in [6.45, 7) is 4.15. The van der Waals surface area contributed by atoms with Gasteiger partial charge in [0, 0.05) is 32.7 Å². The third kappa shape index (κ3) is 4.90. The Morgan fingerprint density at radius 3 is 2.58 bits per heavy atom. The second-order valence-electron chi connectivity index (χ2n) is 6.37. The van der Waals surface area contributed by atoms with Gasteiger partial charge in [-0.05, 0) is 36.2 Å². The van der Waals surface area contributed by atoms with Gasteiger partial charge in [0.2, 0.25) is 0 Å². The third-order valence-corrected chi connectivity index (χ3v) is 4.89. The highest BCUT2D eigenvalue weighted by Gasteiger charge is 2.19. The molecule has 1 fully saturated rings. The number of para-hydroxylation sites is 1. The average molecular weight is 374 g/mol. The average Bonchev–Trinajstić information content (AvgIpc) is 2.90. The lowest BCUT2D eigenvalue weighted by Gasteiger charge is -2.22. The highest BCUT2D eigenvalue weighted by atomic mass is 35.5. The molecule has 0 unspecified atom stereocenters. The molecule has 6 heteroatoms. The molecule has 1 aliphatic rings. The number of carbonyl (C=O) groups is 1. The number of hydrogen-bond donors (Lipinski definition) is 1. The van der Waals surface area contributed by atoms with Gasteiger partial charge in [-0.15, -0.1) is 0 Å². The fraction of sp³-hybridized carbons (Fsp3) is 0.350. The Hall–Kier alpha value is -2.24. The first-order valence-corrected chi connectivity index (χ1v) is 9.19. The molecule has 0 aliphatic carbocycles. The molecule has 3 rings (SSSR count). The zero-order chi connectivity index (χ0) is 18.4. The SMILES string of the molecule is COc1ccc(CN2CCCN(C(=O)Nc3ccccc3Cl)CC2)cc1. The van der Waals surface area contributed by atoms with Crippen molar-refractivity contribution < 1.29 is 9.53 Å². The van der Waals surface area contributed by atoms with Crippen LogP contribution in [0.5, 0.6) is 5.75 Å². The molecule has 2 amide bonds. The largest absolute Gasteiger partial charge is 0.497 e. The maximum absolute atomic E-state index is 12.5. The highest BCUT2D eigenvalue weighted by Crippen LogP contribution is 2.21. The molecular formula is C20H24ClN3O2. The number of amides is 2. The van der Waals surface area contributed by atoms with Crippen molar-refractivity contribution >= 4 is 23.3 Å². The summed E-state index contributed by atoms with van der Waals surface area (Å²) < 4.78 is 5.20. The Labute approximate surface area is 159 Å². The van der Waals surface area contributed by atoms with Gasteiger partial charge in [-0.3, -0.25) is 4.90 Å². The third-order valence-electron chi connectivity index (χ3n) is 4.56. The van der Waals surface area contributed by atoms with Gasteiger partial charge >= 0.3 is 6.03 Å². The number of hydrogen-bond acceptors (Lipinski definition) is 3. The number of ether oxygens (including phenoxy) is 1. The molecule has 2 aromatic carbocycles. The molecular weight excluding hydrogens is 350 g/mol. The molecule has 0 atom stereocenters. The fourth-order valence-corrected chi connectivity index (χ4v) is 3.26. The van der Waals surface area contributed by atoms with E-state index in [4.69, 9.17) is 16.3 Å². The summed E-state index contributed by atoms with van der Waals surface area (Å²) in [5.74, 6) is 0.868. The molecule has 1 saturated heterocycles. The highest BCUT2D eigenvalue weighted by molar-refractivity contribution is 6.33. The zero-order valence-electron chi connectivity index (χ0n) is 15.0. The molecule has 0 saturated carbocycles. The van der Waals surface area contributed by atoms with Crippen LogP contribution in [0.1, 0.15) is 12.0 Å². The summed E-state index contributed by atoms with van der Waals surface area (Å²) in [5.41, 5.74) is 1.90. The maximum atomic E-state index is 12.5. The number of halogens is 1. The van der Waals surface area contributed by atoms with E-state index < -0.39 is 0 Å². The zero-order valence-corrected chi connectivity index (χ0v) is 15.7. The fourth-order valence-electron chi connectivity index (χ4n) is 3.08. The number of nitrogens with one attached hydrogen (secondary N) is 1. The Kier molecular flexibility index (Phi) is 6.36. The molecule has 5 nitrogen and oxygen atoms in total. The summed E-state index contributed by atoms with van der Waals surface area (Å²) in [6, 6.07) is 15.3. The van der Waals surface area contributed by atoms with E-state index in [0.29, 0.717) is 17.3 Å². The van der Waals surface area contributed by atoms with E-state index in [0.717, 1.165) is 38.3 Å². The van der Waals surface area contributed by atoms with Crippen LogP contribution >= 0.6 is 11.6 Å². The lowest BCUT2D eigenvalue weighted by atomic mass is 10.2. The van der Waals surface area contributed by atoms with E-state index in [1.807, 2.05) is 35.2 Å². The maximum Gasteiger partial charge on any atom is 0.321 e. The summed E-state index contributed by atoms with van der Waals surface area (Å²) in [5, 5.41) is 3.46. The summed E-state index contributed by atoms with van der Waals surface area (Å²) in [7, 11) is 1.67. The Balaban J connectivity index is 1.54. The molecule has 1 aliphatic heterocycles. The molecule has 26 heavy (non-hydrogen) atoms. The van der Waals surface area contributed by atoms with Crippen molar-refractivity contribution in [1.29, 1.82) is 0 Å². The van der Waals surface area contributed by atoms with Crippen LogP contribution in [0.4, 0.5) is 10.5 Å². The van der Waals surface area contributed by atoms with Gasteiger partial charge in [-0.1, -0.05) is 35.9 Å². The number of carbonyl (C=O) groups excluding carboxylic acids is 1.